The van der Waals surface area contributed by atoms with E-state index in [-0.39, 0.29) is 23.0 Å². The predicted molar refractivity (Wildman–Crippen MR) is 105 cm³/mol. The van der Waals surface area contributed by atoms with Gasteiger partial charge in [-0.1, -0.05) is 40.7 Å². The first-order valence-electron chi connectivity index (χ1n) is 8.97. The highest BCUT2D eigenvalue weighted by atomic mass is 16.5. The van der Waals surface area contributed by atoms with Crippen LogP contribution in [0.2, 0.25) is 0 Å². The second kappa shape index (κ2) is 8.29. The van der Waals surface area contributed by atoms with Crippen molar-refractivity contribution in [2.24, 2.45) is 5.92 Å². The molecule has 0 aliphatic carbocycles. The number of carbonyl (C=O) groups excluding carboxylic acids is 2. The molecule has 0 radical (unpaired) electrons. The summed E-state index contributed by atoms with van der Waals surface area (Å²) in [6.45, 7) is 10.0. The molecule has 0 fully saturated rings. The van der Waals surface area contributed by atoms with Crippen LogP contribution < -0.4 is 15.4 Å². The molecule has 6 nitrogen and oxygen atoms in total. The van der Waals surface area contributed by atoms with Crippen molar-refractivity contribution in [1.29, 1.82) is 0 Å². The molecular weight excluding hydrogens is 344 g/mol. The number of furan rings is 1. The molecule has 6 heteroatoms. The lowest BCUT2D eigenvalue weighted by atomic mass is 9.86. The van der Waals surface area contributed by atoms with Gasteiger partial charge in [-0.2, -0.15) is 0 Å². The summed E-state index contributed by atoms with van der Waals surface area (Å²) in [4.78, 5) is 25.2. The number of anilines is 1. The van der Waals surface area contributed by atoms with E-state index in [1.165, 1.54) is 6.26 Å². The van der Waals surface area contributed by atoms with Crippen LogP contribution in [-0.2, 0) is 10.2 Å². The molecular formula is C21H28N2O4. The Morgan fingerprint density at radius 3 is 2.37 bits per heavy atom. The molecule has 0 aliphatic heterocycles. The average Bonchev–Trinajstić information content (AvgIpc) is 3.12. The second-order valence-electron chi connectivity index (χ2n) is 7.83. The van der Waals surface area contributed by atoms with E-state index < -0.39 is 11.9 Å². The zero-order valence-corrected chi connectivity index (χ0v) is 16.8. The van der Waals surface area contributed by atoms with Gasteiger partial charge in [-0.15, -0.1) is 0 Å². The van der Waals surface area contributed by atoms with Crippen molar-refractivity contribution in [3.63, 3.8) is 0 Å². The van der Waals surface area contributed by atoms with Crippen LogP contribution in [-0.4, -0.2) is 25.0 Å². The van der Waals surface area contributed by atoms with Gasteiger partial charge in [0.05, 0.1) is 19.1 Å². The molecule has 0 saturated heterocycles. The zero-order valence-electron chi connectivity index (χ0n) is 16.8. The number of carbonyl (C=O) groups is 2. The fraction of sp³-hybridized carbons (Fsp3) is 0.429. The topological polar surface area (TPSA) is 80.6 Å². The first-order valence-corrected chi connectivity index (χ1v) is 8.97. The summed E-state index contributed by atoms with van der Waals surface area (Å²) in [7, 11) is 1.56. The summed E-state index contributed by atoms with van der Waals surface area (Å²) in [6, 6.07) is 8.19. The van der Waals surface area contributed by atoms with E-state index in [2.05, 4.69) is 31.4 Å². The molecule has 146 valence electrons. The largest absolute Gasteiger partial charge is 0.495 e. The first-order chi connectivity index (χ1) is 12.6. The van der Waals surface area contributed by atoms with Crippen LogP contribution in [0.5, 0.6) is 5.75 Å². The molecule has 27 heavy (non-hydrogen) atoms. The maximum atomic E-state index is 12.9. The van der Waals surface area contributed by atoms with E-state index in [0.29, 0.717) is 11.4 Å². The molecule has 0 saturated carbocycles. The second-order valence-corrected chi connectivity index (χ2v) is 7.83. The number of benzene rings is 1. The minimum Gasteiger partial charge on any atom is -0.495 e. The van der Waals surface area contributed by atoms with E-state index in [0.717, 1.165) is 5.56 Å². The Morgan fingerprint density at radius 2 is 1.85 bits per heavy atom. The van der Waals surface area contributed by atoms with E-state index in [1.54, 1.807) is 19.2 Å². The van der Waals surface area contributed by atoms with Crippen molar-refractivity contribution in [2.75, 3.05) is 12.4 Å². The van der Waals surface area contributed by atoms with E-state index in [4.69, 9.17) is 9.15 Å². The quantitative estimate of drug-likeness (QED) is 0.804. The van der Waals surface area contributed by atoms with Gasteiger partial charge < -0.3 is 19.8 Å². The lowest BCUT2D eigenvalue weighted by Crippen LogP contribution is -2.47. The SMILES string of the molecule is COc1ccc(C(C)(C)C)cc1NC(=O)[C@@H](NC(=O)c1ccco1)C(C)C. The number of hydrogen-bond donors (Lipinski definition) is 2. The van der Waals surface area contributed by atoms with Crippen LogP contribution in [0, 0.1) is 5.92 Å². The van der Waals surface area contributed by atoms with Gasteiger partial charge in [0.2, 0.25) is 5.91 Å². The monoisotopic (exact) mass is 372 g/mol. The normalized spacial score (nSPS) is 12.6. The Balaban J connectivity index is 2.23. The van der Waals surface area contributed by atoms with Crippen molar-refractivity contribution < 1.29 is 18.7 Å². The lowest BCUT2D eigenvalue weighted by Gasteiger charge is -2.24. The van der Waals surface area contributed by atoms with Gasteiger partial charge in [0.1, 0.15) is 11.8 Å². The molecule has 0 spiro atoms. The van der Waals surface area contributed by atoms with Gasteiger partial charge >= 0.3 is 0 Å². The molecule has 2 aromatic rings. The van der Waals surface area contributed by atoms with Crippen LogP contribution in [0.1, 0.15) is 50.7 Å². The van der Waals surface area contributed by atoms with Crippen LogP contribution >= 0.6 is 0 Å². The maximum absolute atomic E-state index is 12.9. The van der Waals surface area contributed by atoms with Gasteiger partial charge in [-0.05, 0) is 41.2 Å². The fourth-order valence-corrected chi connectivity index (χ4v) is 2.64. The molecule has 0 unspecified atom stereocenters. The molecule has 0 aliphatic rings. The zero-order chi connectivity index (χ0) is 20.2. The standard InChI is InChI=1S/C21H28N2O4/c1-13(2)18(23-19(24)17-8-7-11-27-17)20(25)22-15-12-14(21(3,4)5)9-10-16(15)26-6/h7-13,18H,1-6H3,(H,22,25)(H,23,24)/t18-/m0/s1. The van der Waals surface area contributed by atoms with E-state index >= 15 is 0 Å². The molecule has 2 amide bonds. The first kappa shape index (κ1) is 20.6. The smallest absolute Gasteiger partial charge is 0.287 e. The molecule has 2 N–H and O–H groups in total. The van der Waals surface area contributed by atoms with Crippen LogP contribution in [0.25, 0.3) is 0 Å². The third kappa shape index (κ3) is 5.12. The molecule has 2 rings (SSSR count). The maximum Gasteiger partial charge on any atom is 0.287 e. The number of methoxy groups -OCH3 is 1. The number of rotatable bonds is 6. The highest BCUT2D eigenvalue weighted by molar-refractivity contribution is 6.01. The highest BCUT2D eigenvalue weighted by Crippen LogP contribution is 2.31. The van der Waals surface area contributed by atoms with Gasteiger partial charge in [-0.25, -0.2) is 0 Å². The van der Waals surface area contributed by atoms with Crippen LogP contribution in [0.3, 0.4) is 0 Å². The minimum atomic E-state index is -0.717. The average molecular weight is 372 g/mol. The fourth-order valence-electron chi connectivity index (χ4n) is 2.64. The summed E-state index contributed by atoms with van der Waals surface area (Å²) in [5, 5.41) is 5.63. The summed E-state index contributed by atoms with van der Waals surface area (Å²) < 4.78 is 10.5. The molecule has 0 bridgehead atoms. The summed E-state index contributed by atoms with van der Waals surface area (Å²) in [5.74, 6) is -0.115. The van der Waals surface area contributed by atoms with Crippen molar-refractivity contribution in [3.05, 3.63) is 47.9 Å². The molecule has 1 aromatic carbocycles. The summed E-state index contributed by atoms with van der Waals surface area (Å²) in [5.41, 5.74) is 1.57. The molecule has 1 heterocycles. The summed E-state index contributed by atoms with van der Waals surface area (Å²) in [6.07, 6.45) is 1.42. The third-order valence-electron chi connectivity index (χ3n) is 4.30. The van der Waals surface area contributed by atoms with Crippen LogP contribution in [0.15, 0.2) is 41.0 Å². The van der Waals surface area contributed by atoms with Crippen molar-refractivity contribution in [3.8, 4) is 5.75 Å². The van der Waals surface area contributed by atoms with Crippen molar-refractivity contribution in [2.45, 2.75) is 46.1 Å². The Morgan fingerprint density at radius 1 is 1.15 bits per heavy atom. The van der Waals surface area contributed by atoms with E-state index in [9.17, 15) is 9.59 Å². The lowest BCUT2D eigenvalue weighted by molar-refractivity contribution is -0.118. The Labute approximate surface area is 160 Å². The number of hydrogen-bond acceptors (Lipinski definition) is 4. The minimum absolute atomic E-state index is 0.0727. The van der Waals surface area contributed by atoms with Gasteiger partial charge in [-0.3, -0.25) is 9.59 Å². The predicted octanol–water partition coefficient (Wildman–Crippen LogP) is 3.98. The number of nitrogens with one attached hydrogen (secondary N) is 2. The Bertz CT molecular complexity index is 789. The van der Waals surface area contributed by atoms with Crippen molar-refractivity contribution >= 4 is 17.5 Å². The highest BCUT2D eigenvalue weighted by Gasteiger charge is 2.27. The van der Waals surface area contributed by atoms with Crippen LogP contribution in [0.4, 0.5) is 5.69 Å². The molecule has 1 atom stereocenters. The third-order valence-corrected chi connectivity index (χ3v) is 4.30. The van der Waals surface area contributed by atoms with Crippen molar-refractivity contribution in [1.82, 2.24) is 5.32 Å². The number of ether oxygens (including phenoxy) is 1. The van der Waals surface area contributed by atoms with Gasteiger partial charge in [0.25, 0.3) is 5.91 Å². The Hall–Kier alpha value is -2.76. The summed E-state index contributed by atoms with van der Waals surface area (Å²) >= 11 is 0. The van der Waals surface area contributed by atoms with Gasteiger partial charge in [0, 0.05) is 0 Å². The Kier molecular flexibility index (Phi) is 6.31. The van der Waals surface area contributed by atoms with E-state index in [1.807, 2.05) is 32.0 Å². The van der Waals surface area contributed by atoms with Gasteiger partial charge in [0.15, 0.2) is 5.76 Å². The number of amides is 2. The molecule has 1 aromatic heterocycles.